The molecule has 0 unspecified atom stereocenters. The molecule has 0 saturated heterocycles. The van der Waals surface area contributed by atoms with E-state index in [2.05, 4.69) is 125 Å². The predicted molar refractivity (Wildman–Crippen MR) is 137 cm³/mol. The quantitative estimate of drug-likeness (QED) is 0.403. The molecule has 0 N–H and O–H groups in total. The summed E-state index contributed by atoms with van der Waals surface area (Å²) in [5, 5.41) is 0.854. The van der Waals surface area contributed by atoms with Crippen molar-refractivity contribution in [2.24, 2.45) is 0 Å². The molecule has 0 aromatic carbocycles. The molecular formula is C24H54LiOSi2. The van der Waals surface area contributed by atoms with Crippen molar-refractivity contribution in [3.63, 3.8) is 0 Å². The molecule has 0 saturated carbocycles. The van der Waals surface area contributed by atoms with Crippen molar-refractivity contribution in [1.29, 1.82) is 0 Å². The average molecular weight is 422 g/mol. The number of hydrogen-bond donors (Lipinski definition) is 0. The summed E-state index contributed by atoms with van der Waals surface area (Å²) < 4.78 is 8.09. The molecule has 0 heterocycles. The van der Waals surface area contributed by atoms with E-state index in [1.165, 1.54) is 0 Å². The Bertz CT molecular complexity index is 392. The predicted octanol–water partition coefficient (Wildman–Crippen LogP) is 9.31. The third kappa shape index (κ3) is 4.90. The smallest absolute Gasteiger partial charge is 0.196 e. The Morgan fingerprint density at radius 2 is 0.429 bits per heavy atom. The summed E-state index contributed by atoms with van der Waals surface area (Å²) in [6.07, 6.45) is 0. The van der Waals surface area contributed by atoms with E-state index >= 15 is 0 Å². The SMILES string of the molecule is CC(C)(C)[Si](O[Si](C(C)(C)C)(C(C)(C)C)C(C)(C)C)(C(C)(C)C)C(C)(C)C.[Li]. The van der Waals surface area contributed by atoms with Gasteiger partial charge in [0.25, 0.3) is 0 Å². The molecule has 0 aromatic heterocycles. The van der Waals surface area contributed by atoms with E-state index in [0.717, 1.165) is 0 Å². The largest absolute Gasteiger partial charge is 0.453 e. The van der Waals surface area contributed by atoms with Crippen LogP contribution in [0.4, 0.5) is 0 Å². The molecule has 0 atom stereocenters. The first-order valence-corrected chi connectivity index (χ1v) is 14.7. The molecule has 0 fully saturated rings. The Morgan fingerprint density at radius 1 is 0.321 bits per heavy atom. The fourth-order valence-electron chi connectivity index (χ4n) is 7.90. The van der Waals surface area contributed by atoms with Crippen molar-refractivity contribution >= 4 is 35.5 Å². The van der Waals surface area contributed by atoms with Gasteiger partial charge in [-0.2, -0.15) is 0 Å². The van der Waals surface area contributed by atoms with Crippen LogP contribution in [0.2, 0.25) is 30.2 Å². The standard InChI is InChI=1S/C24H54OSi2.Li/c1-19(2,3)26(20(4,5)6,21(7,8)9)25-27(22(10,11)12,23(13,14)15)24(16,17)18;/h1-18H3;. The minimum absolute atomic E-state index is 0. The third-order valence-electron chi connectivity index (χ3n) is 6.64. The van der Waals surface area contributed by atoms with Gasteiger partial charge in [0.05, 0.1) is 0 Å². The first-order valence-electron chi connectivity index (χ1n) is 10.9. The minimum Gasteiger partial charge on any atom is -0.453 e. The van der Waals surface area contributed by atoms with Crippen LogP contribution in [0.15, 0.2) is 0 Å². The van der Waals surface area contributed by atoms with Gasteiger partial charge in [0.1, 0.15) is 0 Å². The summed E-state index contributed by atoms with van der Waals surface area (Å²) in [5.41, 5.74) is 0. The van der Waals surface area contributed by atoms with Gasteiger partial charge in [0.15, 0.2) is 16.6 Å². The molecule has 4 heteroatoms. The number of rotatable bonds is 2. The van der Waals surface area contributed by atoms with E-state index in [1.807, 2.05) is 0 Å². The molecule has 0 amide bonds. The van der Waals surface area contributed by atoms with E-state index < -0.39 is 16.6 Å². The van der Waals surface area contributed by atoms with Gasteiger partial charge >= 0.3 is 0 Å². The van der Waals surface area contributed by atoms with Gasteiger partial charge in [0.2, 0.25) is 0 Å². The van der Waals surface area contributed by atoms with E-state index in [9.17, 15) is 0 Å². The fourth-order valence-corrected chi connectivity index (χ4v) is 30.6. The maximum atomic E-state index is 8.09. The zero-order valence-electron chi connectivity index (χ0n) is 23.4. The van der Waals surface area contributed by atoms with Gasteiger partial charge in [-0.1, -0.05) is 125 Å². The van der Waals surface area contributed by atoms with E-state index in [1.54, 1.807) is 0 Å². The van der Waals surface area contributed by atoms with Crippen molar-refractivity contribution in [1.82, 2.24) is 0 Å². The summed E-state index contributed by atoms with van der Waals surface area (Å²) in [6.45, 7) is 44.1. The Kier molecular flexibility index (Phi) is 9.09. The second kappa shape index (κ2) is 8.16. The second-order valence-corrected chi connectivity index (χ2v) is 27.5. The molecule has 0 rings (SSSR count). The van der Waals surface area contributed by atoms with Gasteiger partial charge in [0, 0.05) is 18.9 Å². The van der Waals surface area contributed by atoms with Gasteiger partial charge in [-0.3, -0.25) is 0 Å². The molecule has 1 radical (unpaired) electrons. The molecule has 0 aliphatic carbocycles. The van der Waals surface area contributed by atoms with Crippen LogP contribution >= 0.6 is 0 Å². The zero-order valence-corrected chi connectivity index (χ0v) is 25.4. The Hall–Kier alpha value is 0.991. The number of hydrogen-bond acceptors (Lipinski definition) is 1. The summed E-state index contributed by atoms with van der Waals surface area (Å²) in [5.74, 6) is 0. The molecule has 0 bridgehead atoms. The van der Waals surface area contributed by atoms with Crippen molar-refractivity contribution in [2.45, 2.75) is 155 Å². The van der Waals surface area contributed by atoms with Crippen molar-refractivity contribution in [2.75, 3.05) is 0 Å². The topological polar surface area (TPSA) is 9.23 Å². The van der Waals surface area contributed by atoms with Gasteiger partial charge in [-0.25, -0.2) is 0 Å². The van der Waals surface area contributed by atoms with E-state index in [4.69, 9.17) is 4.12 Å². The average Bonchev–Trinajstić information content (AvgIpc) is 2.16. The van der Waals surface area contributed by atoms with Crippen LogP contribution < -0.4 is 0 Å². The maximum absolute atomic E-state index is 8.09. The summed E-state index contributed by atoms with van der Waals surface area (Å²) in [7, 11) is -4.61. The van der Waals surface area contributed by atoms with Crippen LogP contribution in [0.5, 0.6) is 0 Å². The van der Waals surface area contributed by atoms with E-state index in [-0.39, 0.29) is 49.1 Å². The first-order chi connectivity index (χ1) is 11.2. The molecule has 28 heavy (non-hydrogen) atoms. The molecule has 0 aromatic rings. The van der Waals surface area contributed by atoms with Gasteiger partial charge in [-0.15, -0.1) is 0 Å². The third-order valence-corrected chi connectivity index (χ3v) is 21.8. The minimum atomic E-state index is -2.30. The molecule has 165 valence electrons. The first kappa shape index (κ1) is 31.2. The Labute approximate surface area is 194 Å². The van der Waals surface area contributed by atoms with Crippen LogP contribution in [0, 0.1) is 0 Å². The zero-order chi connectivity index (χ0) is 22.7. The fraction of sp³-hybridized carbons (Fsp3) is 1.00. The molecule has 0 aliphatic heterocycles. The van der Waals surface area contributed by atoms with Crippen LogP contribution in [0.1, 0.15) is 125 Å². The summed E-state index contributed by atoms with van der Waals surface area (Å²) >= 11 is 0. The van der Waals surface area contributed by atoms with Crippen LogP contribution in [-0.4, -0.2) is 35.5 Å². The van der Waals surface area contributed by atoms with Crippen molar-refractivity contribution in [3.8, 4) is 0 Å². The molecule has 0 aliphatic rings. The van der Waals surface area contributed by atoms with Gasteiger partial charge < -0.3 is 4.12 Å². The summed E-state index contributed by atoms with van der Waals surface area (Å²) in [4.78, 5) is 0. The molecule has 1 nitrogen and oxygen atoms in total. The monoisotopic (exact) mass is 421 g/mol. The second-order valence-electron chi connectivity index (χ2n) is 15.0. The molecule has 0 spiro atoms. The van der Waals surface area contributed by atoms with Crippen LogP contribution in [0.3, 0.4) is 0 Å². The van der Waals surface area contributed by atoms with Crippen LogP contribution in [-0.2, 0) is 4.12 Å². The normalized spacial score (nSPS) is 16.1. The Morgan fingerprint density at radius 3 is 0.500 bits per heavy atom. The van der Waals surface area contributed by atoms with Crippen LogP contribution in [0.25, 0.3) is 0 Å². The van der Waals surface area contributed by atoms with E-state index in [0.29, 0.717) is 0 Å². The maximum Gasteiger partial charge on any atom is 0.196 e. The molecular weight excluding hydrogens is 367 g/mol. The van der Waals surface area contributed by atoms with Crippen molar-refractivity contribution < 1.29 is 4.12 Å². The van der Waals surface area contributed by atoms with Crippen molar-refractivity contribution in [3.05, 3.63) is 0 Å². The summed E-state index contributed by atoms with van der Waals surface area (Å²) in [6, 6.07) is 0. The Balaban J connectivity index is 0. The van der Waals surface area contributed by atoms with Gasteiger partial charge in [-0.05, 0) is 30.2 Å².